The standard InChI is InChI=1S/C20H32N4O/c1-4-18-11-21-14-20(18,22-16(3)25)23-19-10-15(2)12-24(19)13-17-8-6-5-7-9-17/h5-9,15,18-19,21,23H,4,10-14H2,1-3H3,(H,22,25). The van der Waals surface area contributed by atoms with Gasteiger partial charge in [-0.1, -0.05) is 44.2 Å². The summed E-state index contributed by atoms with van der Waals surface area (Å²) in [6, 6.07) is 10.6. The highest BCUT2D eigenvalue weighted by atomic mass is 16.1. The van der Waals surface area contributed by atoms with Crippen molar-refractivity contribution >= 4 is 5.91 Å². The predicted octanol–water partition coefficient (Wildman–Crippen LogP) is 1.91. The molecule has 3 rings (SSSR count). The van der Waals surface area contributed by atoms with Crippen molar-refractivity contribution in [3.63, 3.8) is 0 Å². The smallest absolute Gasteiger partial charge is 0.218 e. The lowest BCUT2D eigenvalue weighted by Gasteiger charge is -2.41. The number of hydrogen-bond acceptors (Lipinski definition) is 4. The van der Waals surface area contributed by atoms with Gasteiger partial charge in [0, 0.05) is 39.0 Å². The average Bonchev–Trinajstić information content (AvgIpc) is 3.11. The van der Waals surface area contributed by atoms with Gasteiger partial charge in [0.05, 0.1) is 6.17 Å². The normalized spacial score (nSPS) is 32.8. The molecule has 25 heavy (non-hydrogen) atoms. The minimum absolute atomic E-state index is 0.0373. The molecule has 1 aromatic carbocycles. The minimum atomic E-state index is -0.343. The summed E-state index contributed by atoms with van der Waals surface area (Å²) in [5.41, 5.74) is 0.998. The van der Waals surface area contributed by atoms with E-state index in [-0.39, 0.29) is 17.7 Å². The lowest BCUT2D eigenvalue weighted by atomic mass is 9.92. The number of rotatable bonds is 6. The van der Waals surface area contributed by atoms with E-state index >= 15 is 0 Å². The van der Waals surface area contributed by atoms with Crippen LogP contribution in [-0.2, 0) is 11.3 Å². The van der Waals surface area contributed by atoms with Crippen molar-refractivity contribution < 1.29 is 4.79 Å². The molecular formula is C20H32N4O. The van der Waals surface area contributed by atoms with E-state index in [4.69, 9.17) is 0 Å². The Morgan fingerprint density at radius 2 is 2.12 bits per heavy atom. The second-order valence-corrected chi connectivity index (χ2v) is 7.80. The van der Waals surface area contributed by atoms with Crippen LogP contribution in [0.1, 0.15) is 39.2 Å². The molecule has 3 N–H and O–H groups in total. The maximum Gasteiger partial charge on any atom is 0.218 e. The average molecular weight is 345 g/mol. The zero-order valence-electron chi connectivity index (χ0n) is 15.7. The van der Waals surface area contributed by atoms with Crippen molar-refractivity contribution in [2.24, 2.45) is 11.8 Å². The molecule has 2 heterocycles. The van der Waals surface area contributed by atoms with Gasteiger partial charge < -0.3 is 10.6 Å². The lowest BCUT2D eigenvalue weighted by molar-refractivity contribution is -0.122. The van der Waals surface area contributed by atoms with Crippen molar-refractivity contribution in [1.29, 1.82) is 0 Å². The van der Waals surface area contributed by atoms with Crippen LogP contribution in [0.5, 0.6) is 0 Å². The monoisotopic (exact) mass is 344 g/mol. The molecule has 2 fully saturated rings. The summed E-state index contributed by atoms with van der Waals surface area (Å²) in [5.74, 6) is 1.10. The highest BCUT2D eigenvalue weighted by Crippen LogP contribution is 2.29. The van der Waals surface area contributed by atoms with Crippen molar-refractivity contribution in [3.8, 4) is 0 Å². The van der Waals surface area contributed by atoms with E-state index in [1.807, 2.05) is 0 Å². The quantitative estimate of drug-likeness (QED) is 0.690. The topological polar surface area (TPSA) is 56.4 Å². The van der Waals surface area contributed by atoms with Crippen LogP contribution in [0.2, 0.25) is 0 Å². The Morgan fingerprint density at radius 1 is 1.36 bits per heavy atom. The first kappa shape index (κ1) is 18.4. The van der Waals surface area contributed by atoms with E-state index in [2.05, 4.69) is 65.0 Å². The molecule has 0 bridgehead atoms. The molecule has 2 saturated heterocycles. The van der Waals surface area contributed by atoms with E-state index < -0.39 is 0 Å². The molecule has 5 heteroatoms. The molecule has 2 aliphatic rings. The number of benzene rings is 1. The minimum Gasteiger partial charge on any atom is -0.337 e. The Balaban J connectivity index is 1.76. The van der Waals surface area contributed by atoms with Crippen molar-refractivity contribution in [1.82, 2.24) is 20.9 Å². The molecule has 0 spiro atoms. The van der Waals surface area contributed by atoms with Gasteiger partial charge in [0.1, 0.15) is 5.66 Å². The second-order valence-electron chi connectivity index (χ2n) is 7.80. The fraction of sp³-hybridized carbons (Fsp3) is 0.650. The molecule has 1 amide bonds. The molecule has 138 valence electrons. The van der Waals surface area contributed by atoms with Crippen LogP contribution < -0.4 is 16.0 Å². The maximum atomic E-state index is 11.9. The Bertz CT molecular complexity index is 578. The number of likely N-dealkylation sites (tertiary alicyclic amines) is 1. The lowest BCUT2D eigenvalue weighted by Crippen LogP contribution is -2.67. The van der Waals surface area contributed by atoms with Gasteiger partial charge in [0.15, 0.2) is 0 Å². The van der Waals surface area contributed by atoms with E-state index in [1.165, 1.54) is 5.56 Å². The summed E-state index contributed by atoms with van der Waals surface area (Å²) in [6.45, 7) is 9.91. The fourth-order valence-corrected chi connectivity index (χ4v) is 4.49. The van der Waals surface area contributed by atoms with E-state index in [0.717, 1.165) is 39.0 Å². The van der Waals surface area contributed by atoms with Crippen molar-refractivity contribution in [3.05, 3.63) is 35.9 Å². The van der Waals surface area contributed by atoms with Crippen LogP contribution in [0.3, 0.4) is 0 Å². The number of amides is 1. The zero-order chi connectivity index (χ0) is 17.9. The molecule has 0 aromatic heterocycles. The Labute approximate surface area is 151 Å². The van der Waals surface area contributed by atoms with Crippen LogP contribution in [0.15, 0.2) is 30.3 Å². The van der Waals surface area contributed by atoms with Gasteiger partial charge in [-0.15, -0.1) is 0 Å². The van der Waals surface area contributed by atoms with Gasteiger partial charge in [0.25, 0.3) is 0 Å². The predicted molar refractivity (Wildman–Crippen MR) is 101 cm³/mol. The van der Waals surface area contributed by atoms with E-state index in [9.17, 15) is 4.79 Å². The third-order valence-corrected chi connectivity index (χ3v) is 5.65. The summed E-state index contributed by atoms with van der Waals surface area (Å²) in [4.78, 5) is 14.4. The second kappa shape index (κ2) is 7.85. The Morgan fingerprint density at radius 3 is 2.80 bits per heavy atom. The summed E-state index contributed by atoms with van der Waals surface area (Å²) >= 11 is 0. The number of nitrogens with one attached hydrogen (secondary N) is 3. The number of carbonyl (C=O) groups is 1. The van der Waals surface area contributed by atoms with Gasteiger partial charge >= 0.3 is 0 Å². The summed E-state index contributed by atoms with van der Waals surface area (Å²) in [6.07, 6.45) is 2.45. The first-order valence-electron chi connectivity index (χ1n) is 9.57. The summed E-state index contributed by atoms with van der Waals surface area (Å²) < 4.78 is 0. The zero-order valence-corrected chi connectivity index (χ0v) is 15.7. The van der Waals surface area contributed by atoms with E-state index in [1.54, 1.807) is 6.92 Å². The third kappa shape index (κ3) is 4.22. The Hall–Kier alpha value is -1.43. The van der Waals surface area contributed by atoms with Gasteiger partial charge in [0.2, 0.25) is 5.91 Å². The third-order valence-electron chi connectivity index (χ3n) is 5.65. The number of nitrogens with zero attached hydrogens (tertiary/aromatic N) is 1. The van der Waals surface area contributed by atoms with Gasteiger partial charge in [-0.25, -0.2) is 0 Å². The Kier molecular flexibility index (Phi) is 5.77. The van der Waals surface area contributed by atoms with Gasteiger partial charge in [-0.2, -0.15) is 0 Å². The SMILES string of the molecule is CCC1CNCC1(NC(C)=O)NC1CC(C)CN1Cc1ccccc1. The first-order chi connectivity index (χ1) is 12.0. The van der Waals surface area contributed by atoms with Crippen LogP contribution in [-0.4, -0.2) is 42.3 Å². The largest absolute Gasteiger partial charge is 0.337 e. The summed E-state index contributed by atoms with van der Waals surface area (Å²) in [7, 11) is 0. The highest BCUT2D eigenvalue weighted by Gasteiger charge is 2.46. The van der Waals surface area contributed by atoms with Crippen molar-refractivity contribution in [2.75, 3.05) is 19.6 Å². The molecule has 4 unspecified atom stereocenters. The van der Waals surface area contributed by atoms with Crippen LogP contribution >= 0.6 is 0 Å². The first-order valence-corrected chi connectivity index (χ1v) is 9.57. The molecule has 1 aromatic rings. The van der Waals surface area contributed by atoms with Crippen LogP contribution in [0.25, 0.3) is 0 Å². The number of hydrogen-bond donors (Lipinski definition) is 3. The molecule has 0 aliphatic carbocycles. The van der Waals surface area contributed by atoms with Crippen LogP contribution in [0, 0.1) is 11.8 Å². The molecular weight excluding hydrogens is 312 g/mol. The van der Waals surface area contributed by atoms with Crippen LogP contribution in [0.4, 0.5) is 0 Å². The summed E-state index contributed by atoms with van der Waals surface area (Å²) in [5, 5.41) is 10.6. The molecule has 0 saturated carbocycles. The van der Waals surface area contributed by atoms with E-state index in [0.29, 0.717) is 11.8 Å². The van der Waals surface area contributed by atoms with Gasteiger partial charge in [-0.3, -0.25) is 15.0 Å². The molecule has 4 atom stereocenters. The number of carbonyl (C=O) groups excluding carboxylic acids is 1. The molecule has 5 nitrogen and oxygen atoms in total. The maximum absolute atomic E-state index is 11.9. The fourth-order valence-electron chi connectivity index (χ4n) is 4.49. The highest BCUT2D eigenvalue weighted by molar-refractivity contribution is 5.74. The van der Waals surface area contributed by atoms with Crippen molar-refractivity contribution in [2.45, 2.75) is 52.0 Å². The van der Waals surface area contributed by atoms with Gasteiger partial charge in [-0.05, 0) is 24.3 Å². The molecule has 0 radical (unpaired) electrons. The molecule has 2 aliphatic heterocycles.